The highest BCUT2D eigenvalue weighted by Crippen LogP contribution is 2.49. The Bertz CT molecular complexity index is 711. The van der Waals surface area contributed by atoms with Crippen LogP contribution >= 0.6 is 0 Å². The van der Waals surface area contributed by atoms with Gasteiger partial charge < -0.3 is 10.6 Å². The fraction of sp³-hybridized carbons (Fsp3) is 0.421. The van der Waals surface area contributed by atoms with E-state index in [1.165, 1.54) is 16.3 Å². The summed E-state index contributed by atoms with van der Waals surface area (Å²) in [5.74, 6) is 0.884. The monoisotopic (exact) mass is 294 g/mol. The third kappa shape index (κ3) is 2.50. The predicted octanol–water partition coefficient (Wildman–Crippen LogP) is 2.89. The molecule has 1 aliphatic heterocycles. The summed E-state index contributed by atoms with van der Waals surface area (Å²) in [5.41, 5.74) is 7.30. The Balaban J connectivity index is 1.49. The van der Waals surface area contributed by atoms with Gasteiger partial charge in [0.15, 0.2) is 0 Å². The smallest absolute Gasteiger partial charge is 0.226 e. The van der Waals surface area contributed by atoms with Gasteiger partial charge in [-0.25, -0.2) is 0 Å². The van der Waals surface area contributed by atoms with Crippen LogP contribution in [0.2, 0.25) is 0 Å². The molecule has 1 saturated carbocycles. The van der Waals surface area contributed by atoms with E-state index in [1.807, 2.05) is 4.90 Å². The standard InChI is InChI=1S/C19H22N2O/c20-16-6-3-9-21(12-16)19(22)18-11-17(18)15-8-7-13-4-1-2-5-14(13)10-15/h1-2,4-5,7-8,10,16-18H,3,6,9,11-12,20H2. The summed E-state index contributed by atoms with van der Waals surface area (Å²) in [6.07, 6.45) is 3.08. The average Bonchev–Trinajstić information content (AvgIpc) is 3.34. The first-order valence-electron chi connectivity index (χ1n) is 8.25. The number of hydrogen-bond acceptors (Lipinski definition) is 2. The van der Waals surface area contributed by atoms with Crippen LogP contribution < -0.4 is 5.73 Å². The van der Waals surface area contributed by atoms with Gasteiger partial charge >= 0.3 is 0 Å². The van der Waals surface area contributed by atoms with Gasteiger partial charge in [-0.3, -0.25) is 4.79 Å². The lowest BCUT2D eigenvalue weighted by Gasteiger charge is -2.31. The molecule has 2 aromatic rings. The number of fused-ring (bicyclic) bond motifs is 1. The molecule has 22 heavy (non-hydrogen) atoms. The van der Waals surface area contributed by atoms with Crippen LogP contribution in [0.1, 0.15) is 30.7 Å². The van der Waals surface area contributed by atoms with E-state index in [2.05, 4.69) is 42.5 Å². The van der Waals surface area contributed by atoms with Crippen LogP contribution in [0.5, 0.6) is 0 Å². The second-order valence-corrected chi connectivity index (χ2v) is 6.74. The molecular formula is C19H22N2O. The number of likely N-dealkylation sites (tertiary alicyclic amines) is 1. The summed E-state index contributed by atoms with van der Waals surface area (Å²) >= 11 is 0. The minimum Gasteiger partial charge on any atom is -0.341 e. The molecule has 3 nitrogen and oxygen atoms in total. The highest BCUT2D eigenvalue weighted by Gasteiger charge is 2.46. The Hall–Kier alpha value is -1.87. The van der Waals surface area contributed by atoms with Crippen molar-refractivity contribution < 1.29 is 4.79 Å². The molecule has 3 heteroatoms. The maximum atomic E-state index is 12.6. The second-order valence-electron chi connectivity index (χ2n) is 6.74. The minimum atomic E-state index is 0.163. The molecule has 1 aliphatic carbocycles. The maximum absolute atomic E-state index is 12.6. The zero-order valence-corrected chi connectivity index (χ0v) is 12.7. The van der Waals surface area contributed by atoms with Crippen LogP contribution in [0.4, 0.5) is 0 Å². The molecule has 2 aromatic carbocycles. The number of rotatable bonds is 2. The van der Waals surface area contributed by atoms with E-state index < -0.39 is 0 Å². The third-order valence-corrected chi connectivity index (χ3v) is 5.08. The molecule has 1 amide bonds. The van der Waals surface area contributed by atoms with Crippen LogP contribution in [-0.2, 0) is 4.79 Å². The Kier molecular flexibility index (Phi) is 3.38. The average molecular weight is 294 g/mol. The van der Waals surface area contributed by atoms with Gasteiger partial charge in [0.1, 0.15) is 0 Å². The number of amides is 1. The van der Waals surface area contributed by atoms with Crippen LogP contribution in [0.3, 0.4) is 0 Å². The van der Waals surface area contributed by atoms with E-state index in [0.29, 0.717) is 11.8 Å². The molecule has 0 aromatic heterocycles. The SMILES string of the molecule is NC1CCCN(C(=O)C2CC2c2ccc3ccccc3c2)C1. The molecule has 2 aliphatic rings. The summed E-state index contributed by atoms with van der Waals surface area (Å²) in [7, 11) is 0. The lowest BCUT2D eigenvalue weighted by Crippen LogP contribution is -2.46. The summed E-state index contributed by atoms with van der Waals surface area (Å²) in [5, 5.41) is 2.52. The van der Waals surface area contributed by atoms with Gasteiger partial charge in [-0.15, -0.1) is 0 Å². The van der Waals surface area contributed by atoms with Crippen molar-refractivity contribution in [2.24, 2.45) is 11.7 Å². The zero-order chi connectivity index (χ0) is 15.1. The van der Waals surface area contributed by atoms with Crippen molar-refractivity contribution in [1.29, 1.82) is 0 Å². The van der Waals surface area contributed by atoms with Crippen LogP contribution in [0.25, 0.3) is 10.8 Å². The normalized spacial score (nSPS) is 27.9. The number of hydrogen-bond donors (Lipinski definition) is 1. The molecule has 3 unspecified atom stereocenters. The van der Waals surface area contributed by atoms with Crippen LogP contribution in [0.15, 0.2) is 42.5 Å². The third-order valence-electron chi connectivity index (χ3n) is 5.08. The van der Waals surface area contributed by atoms with E-state index in [4.69, 9.17) is 5.73 Å². The highest BCUT2D eigenvalue weighted by atomic mass is 16.2. The van der Waals surface area contributed by atoms with Crippen molar-refractivity contribution in [3.8, 4) is 0 Å². The van der Waals surface area contributed by atoms with Crippen LogP contribution in [-0.4, -0.2) is 29.9 Å². The molecule has 1 saturated heterocycles. The first kappa shape index (κ1) is 13.8. The van der Waals surface area contributed by atoms with Gasteiger partial charge in [0.2, 0.25) is 5.91 Å². The molecule has 0 radical (unpaired) electrons. The number of nitrogens with zero attached hydrogens (tertiary/aromatic N) is 1. The molecule has 3 atom stereocenters. The molecular weight excluding hydrogens is 272 g/mol. The Morgan fingerprint density at radius 2 is 1.95 bits per heavy atom. The fourth-order valence-electron chi connectivity index (χ4n) is 3.72. The maximum Gasteiger partial charge on any atom is 0.226 e. The molecule has 0 spiro atoms. The molecule has 114 valence electrons. The van der Waals surface area contributed by atoms with E-state index in [9.17, 15) is 4.79 Å². The number of carbonyl (C=O) groups is 1. The quantitative estimate of drug-likeness (QED) is 0.925. The first-order chi connectivity index (χ1) is 10.7. The summed E-state index contributed by atoms with van der Waals surface area (Å²) in [4.78, 5) is 14.6. The Morgan fingerprint density at radius 1 is 1.14 bits per heavy atom. The lowest BCUT2D eigenvalue weighted by atomic mass is 10.0. The zero-order valence-electron chi connectivity index (χ0n) is 12.7. The Labute approximate surface area is 131 Å². The summed E-state index contributed by atoms with van der Waals surface area (Å²) in [6.45, 7) is 1.62. The topological polar surface area (TPSA) is 46.3 Å². The highest BCUT2D eigenvalue weighted by molar-refractivity contribution is 5.86. The molecule has 4 rings (SSSR count). The largest absolute Gasteiger partial charge is 0.341 e. The van der Waals surface area contributed by atoms with Crippen molar-refractivity contribution in [3.05, 3.63) is 48.0 Å². The summed E-state index contributed by atoms with van der Waals surface area (Å²) in [6, 6.07) is 15.2. The molecule has 1 heterocycles. The minimum absolute atomic E-state index is 0.163. The van der Waals surface area contributed by atoms with Gasteiger partial charge in [-0.05, 0) is 41.5 Å². The van der Waals surface area contributed by atoms with Crippen molar-refractivity contribution in [2.75, 3.05) is 13.1 Å². The van der Waals surface area contributed by atoms with E-state index in [-0.39, 0.29) is 12.0 Å². The Morgan fingerprint density at radius 3 is 2.77 bits per heavy atom. The fourth-order valence-corrected chi connectivity index (χ4v) is 3.72. The van der Waals surface area contributed by atoms with Crippen molar-refractivity contribution in [3.63, 3.8) is 0 Å². The van der Waals surface area contributed by atoms with Gasteiger partial charge in [0.25, 0.3) is 0 Å². The van der Waals surface area contributed by atoms with Gasteiger partial charge in [0.05, 0.1) is 0 Å². The summed E-state index contributed by atoms with van der Waals surface area (Å²) < 4.78 is 0. The van der Waals surface area contributed by atoms with E-state index in [1.54, 1.807) is 0 Å². The molecule has 2 fully saturated rings. The second kappa shape index (κ2) is 5.40. The van der Waals surface area contributed by atoms with Crippen molar-refractivity contribution in [2.45, 2.75) is 31.2 Å². The van der Waals surface area contributed by atoms with Gasteiger partial charge in [-0.2, -0.15) is 0 Å². The van der Waals surface area contributed by atoms with Crippen molar-refractivity contribution in [1.82, 2.24) is 4.90 Å². The molecule has 0 bridgehead atoms. The van der Waals surface area contributed by atoms with Gasteiger partial charge in [-0.1, -0.05) is 42.5 Å². The lowest BCUT2D eigenvalue weighted by molar-refractivity contribution is -0.133. The predicted molar refractivity (Wildman–Crippen MR) is 88.6 cm³/mol. The van der Waals surface area contributed by atoms with Crippen molar-refractivity contribution >= 4 is 16.7 Å². The van der Waals surface area contributed by atoms with E-state index in [0.717, 1.165) is 32.4 Å². The number of piperidine rings is 1. The number of nitrogens with two attached hydrogens (primary N) is 1. The van der Waals surface area contributed by atoms with Gasteiger partial charge in [0, 0.05) is 25.0 Å². The number of benzene rings is 2. The van der Waals surface area contributed by atoms with Crippen LogP contribution in [0, 0.1) is 5.92 Å². The number of carbonyl (C=O) groups excluding carboxylic acids is 1. The van der Waals surface area contributed by atoms with E-state index >= 15 is 0 Å². The first-order valence-corrected chi connectivity index (χ1v) is 8.25. The molecule has 2 N–H and O–H groups in total.